The van der Waals surface area contributed by atoms with Gasteiger partial charge in [0.1, 0.15) is 0 Å². The zero-order valence-electron chi connectivity index (χ0n) is 7.64. The van der Waals surface area contributed by atoms with Crippen LogP contribution in [0.15, 0.2) is 24.3 Å². The lowest BCUT2D eigenvalue weighted by Gasteiger charge is -2.12. The number of aliphatic hydroxyl groups is 2. The van der Waals surface area contributed by atoms with Gasteiger partial charge in [0.15, 0.2) is 6.29 Å². The fraction of sp³-hybridized carbons (Fsp3) is 0.400. The molecule has 0 spiro atoms. The molecule has 0 bridgehead atoms. The molecular formula is C10H15NO2. The quantitative estimate of drug-likeness (QED) is 0.597. The summed E-state index contributed by atoms with van der Waals surface area (Å²) in [6, 6.07) is 7.23. The third kappa shape index (κ3) is 2.81. The number of hydrogen-bond acceptors (Lipinski definition) is 3. The summed E-state index contributed by atoms with van der Waals surface area (Å²) >= 11 is 0. The van der Waals surface area contributed by atoms with Crippen molar-refractivity contribution in [1.82, 2.24) is 0 Å². The Hall–Kier alpha value is -0.900. The van der Waals surface area contributed by atoms with Crippen molar-refractivity contribution in [3.05, 3.63) is 35.4 Å². The highest BCUT2D eigenvalue weighted by molar-refractivity contribution is 5.28. The first-order chi connectivity index (χ1) is 6.11. The average Bonchev–Trinajstić information content (AvgIpc) is 2.03. The summed E-state index contributed by atoms with van der Waals surface area (Å²) in [6.07, 6.45) is -0.747. The molecule has 1 atom stereocenters. The van der Waals surface area contributed by atoms with Crippen molar-refractivity contribution in [3.63, 3.8) is 0 Å². The van der Waals surface area contributed by atoms with E-state index in [0.29, 0.717) is 12.0 Å². The Morgan fingerprint density at radius 3 is 2.46 bits per heavy atom. The fourth-order valence-corrected chi connectivity index (χ4v) is 1.32. The van der Waals surface area contributed by atoms with Crippen LogP contribution in [-0.2, 0) is 6.42 Å². The molecule has 0 heterocycles. The Balaban J connectivity index is 2.91. The zero-order chi connectivity index (χ0) is 9.84. The molecule has 3 heteroatoms. The lowest BCUT2D eigenvalue weighted by atomic mass is 10.0. The summed E-state index contributed by atoms with van der Waals surface area (Å²) in [4.78, 5) is 0. The highest BCUT2D eigenvalue weighted by Gasteiger charge is 2.09. The number of benzene rings is 1. The second-order valence-electron chi connectivity index (χ2n) is 3.25. The van der Waals surface area contributed by atoms with Crippen LogP contribution in [0, 0.1) is 0 Å². The van der Waals surface area contributed by atoms with Crippen LogP contribution >= 0.6 is 0 Å². The van der Waals surface area contributed by atoms with Crippen LogP contribution in [-0.4, -0.2) is 16.3 Å². The summed E-state index contributed by atoms with van der Waals surface area (Å²) in [7, 11) is 0. The van der Waals surface area contributed by atoms with Gasteiger partial charge < -0.3 is 15.9 Å². The molecule has 1 aromatic carbocycles. The predicted molar refractivity (Wildman–Crippen MR) is 51.0 cm³/mol. The summed E-state index contributed by atoms with van der Waals surface area (Å²) < 4.78 is 0. The molecule has 0 fully saturated rings. The Kier molecular flexibility index (Phi) is 3.42. The highest BCUT2D eigenvalue weighted by Crippen LogP contribution is 2.16. The van der Waals surface area contributed by atoms with Gasteiger partial charge in [-0.15, -0.1) is 0 Å². The molecule has 1 aromatic rings. The van der Waals surface area contributed by atoms with Crippen molar-refractivity contribution < 1.29 is 10.2 Å². The molecule has 4 N–H and O–H groups in total. The standard InChI is InChI=1S/C10H15NO2/c1-7(11)6-8-4-2-3-5-9(8)10(12)13/h2-5,7,10,12-13H,6,11H2,1H3. The molecular weight excluding hydrogens is 166 g/mol. The molecule has 1 unspecified atom stereocenters. The molecule has 0 aromatic heterocycles. The highest BCUT2D eigenvalue weighted by atomic mass is 16.5. The molecule has 72 valence electrons. The number of nitrogens with two attached hydrogens (primary N) is 1. The van der Waals surface area contributed by atoms with Crippen molar-refractivity contribution >= 4 is 0 Å². The number of aliphatic hydroxyl groups excluding tert-OH is 1. The van der Waals surface area contributed by atoms with Crippen molar-refractivity contribution in [2.75, 3.05) is 0 Å². The van der Waals surface area contributed by atoms with E-state index in [0.717, 1.165) is 5.56 Å². The van der Waals surface area contributed by atoms with E-state index in [2.05, 4.69) is 0 Å². The van der Waals surface area contributed by atoms with E-state index in [4.69, 9.17) is 15.9 Å². The molecule has 0 aliphatic carbocycles. The smallest absolute Gasteiger partial charge is 0.178 e. The van der Waals surface area contributed by atoms with Crippen molar-refractivity contribution in [2.24, 2.45) is 5.73 Å². The topological polar surface area (TPSA) is 66.5 Å². The Labute approximate surface area is 77.8 Å². The van der Waals surface area contributed by atoms with Crippen LogP contribution in [0.25, 0.3) is 0 Å². The molecule has 3 nitrogen and oxygen atoms in total. The first-order valence-electron chi connectivity index (χ1n) is 4.30. The summed E-state index contributed by atoms with van der Waals surface area (Å²) in [5.74, 6) is 0. The van der Waals surface area contributed by atoms with Crippen LogP contribution in [0.5, 0.6) is 0 Å². The molecule has 0 radical (unpaired) electrons. The summed E-state index contributed by atoms with van der Waals surface area (Å²) in [6.45, 7) is 1.89. The van der Waals surface area contributed by atoms with Crippen LogP contribution in [0.3, 0.4) is 0 Å². The number of rotatable bonds is 3. The molecule has 0 aliphatic heterocycles. The third-order valence-electron chi connectivity index (χ3n) is 1.88. The Morgan fingerprint density at radius 1 is 1.31 bits per heavy atom. The number of hydrogen-bond donors (Lipinski definition) is 3. The van der Waals surface area contributed by atoms with Crippen LogP contribution in [0.2, 0.25) is 0 Å². The zero-order valence-corrected chi connectivity index (χ0v) is 7.64. The lowest BCUT2D eigenvalue weighted by Crippen LogP contribution is -2.19. The van der Waals surface area contributed by atoms with Gasteiger partial charge >= 0.3 is 0 Å². The van der Waals surface area contributed by atoms with E-state index in [1.807, 2.05) is 19.1 Å². The second-order valence-corrected chi connectivity index (χ2v) is 3.25. The summed E-state index contributed by atoms with van der Waals surface area (Å²) in [5.41, 5.74) is 7.07. The van der Waals surface area contributed by atoms with E-state index in [1.165, 1.54) is 0 Å². The monoisotopic (exact) mass is 181 g/mol. The van der Waals surface area contributed by atoms with E-state index >= 15 is 0 Å². The van der Waals surface area contributed by atoms with E-state index < -0.39 is 6.29 Å². The first-order valence-corrected chi connectivity index (χ1v) is 4.30. The molecule has 0 aliphatic rings. The van der Waals surface area contributed by atoms with Crippen LogP contribution in [0.4, 0.5) is 0 Å². The SMILES string of the molecule is CC(N)Cc1ccccc1C(O)O. The van der Waals surface area contributed by atoms with Gasteiger partial charge in [-0.1, -0.05) is 24.3 Å². The molecule has 13 heavy (non-hydrogen) atoms. The molecule has 0 saturated carbocycles. The van der Waals surface area contributed by atoms with Crippen molar-refractivity contribution in [2.45, 2.75) is 25.7 Å². The Morgan fingerprint density at radius 2 is 1.92 bits per heavy atom. The maximum Gasteiger partial charge on any atom is 0.178 e. The minimum Gasteiger partial charge on any atom is -0.364 e. The van der Waals surface area contributed by atoms with Gasteiger partial charge in [0.25, 0.3) is 0 Å². The van der Waals surface area contributed by atoms with Crippen LogP contribution in [0.1, 0.15) is 24.3 Å². The fourth-order valence-electron chi connectivity index (χ4n) is 1.32. The van der Waals surface area contributed by atoms with Crippen molar-refractivity contribution in [1.29, 1.82) is 0 Å². The maximum atomic E-state index is 9.03. The average molecular weight is 181 g/mol. The van der Waals surface area contributed by atoms with Gasteiger partial charge in [-0.05, 0) is 18.9 Å². The normalized spacial score (nSPS) is 13.3. The largest absolute Gasteiger partial charge is 0.364 e. The predicted octanol–water partition coefficient (Wildman–Crippen LogP) is 0.559. The minimum absolute atomic E-state index is 0.0277. The molecule has 0 amide bonds. The van der Waals surface area contributed by atoms with Gasteiger partial charge in [-0.3, -0.25) is 0 Å². The van der Waals surface area contributed by atoms with Gasteiger partial charge in [0, 0.05) is 11.6 Å². The van der Waals surface area contributed by atoms with Gasteiger partial charge in [0.2, 0.25) is 0 Å². The maximum absolute atomic E-state index is 9.03. The van der Waals surface area contributed by atoms with Gasteiger partial charge in [0.05, 0.1) is 0 Å². The minimum atomic E-state index is -1.41. The van der Waals surface area contributed by atoms with Gasteiger partial charge in [-0.25, -0.2) is 0 Å². The third-order valence-corrected chi connectivity index (χ3v) is 1.88. The van der Waals surface area contributed by atoms with Gasteiger partial charge in [-0.2, -0.15) is 0 Å². The van der Waals surface area contributed by atoms with Crippen molar-refractivity contribution in [3.8, 4) is 0 Å². The second kappa shape index (κ2) is 4.37. The molecule has 0 saturated heterocycles. The van der Waals surface area contributed by atoms with E-state index in [9.17, 15) is 0 Å². The Bertz CT molecular complexity index is 271. The van der Waals surface area contributed by atoms with E-state index in [1.54, 1.807) is 12.1 Å². The summed E-state index contributed by atoms with van der Waals surface area (Å²) in [5, 5.41) is 18.1. The molecule has 1 rings (SSSR count). The van der Waals surface area contributed by atoms with E-state index in [-0.39, 0.29) is 6.04 Å². The lowest BCUT2D eigenvalue weighted by molar-refractivity contribution is -0.0431. The first kappa shape index (κ1) is 10.2. The van der Waals surface area contributed by atoms with Crippen LogP contribution < -0.4 is 5.73 Å².